The highest BCUT2D eigenvalue weighted by atomic mass is 79.9. The quantitative estimate of drug-likeness (QED) is 0.805. The van der Waals surface area contributed by atoms with Crippen LogP contribution in [-0.2, 0) is 10.0 Å². The fourth-order valence-electron chi connectivity index (χ4n) is 1.45. The van der Waals surface area contributed by atoms with E-state index in [1.165, 1.54) is 19.2 Å². The first kappa shape index (κ1) is 15.6. The fourth-order valence-corrected chi connectivity index (χ4v) is 3.03. The highest BCUT2D eigenvalue weighted by Gasteiger charge is 2.23. The highest BCUT2D eigenvalue weighted by molar-refractivity contribution is 9.10. The van der Waals surface area contributed by atoms with Crippen molar-refractivity contribution >= 4 is 26.0 Å². The molecule has 18 heavy (non-hydrogen) atoms. The minimum Gasteiger partial charge on any atom is -0.320 e. The molecule has 1 rings (SSSR count). The van der Waals surface area contributed by atoms with Crippen LogP contribution in [0.2, 0.25) is 0 Å². The Hall–Kier alpha value is -0.500. The molecule has 0 unspecified atom stereocenters. The van der Waals surface area contributed by atoms with Crippen molar-refractivity contribution in [3.63, 3.8) is 0 Å². The largest absolute Gasteiger partial charge is 0.320 e. The van der Waals surface area contributed by atoms with E-state index < -0.39 is 15.8 Å². The molecule has 0 aliphatic rings. The Bertz CT molecular complexity index is 508. The summed E-state index contributed by atoms with van der Waals surface area (Å²) in [6.45, 7) is 1.06. The number of nitrogens with zero attached hydrogens (tertiary/aromatic N) is 1. The Morgan fingerprint density at radius 2 is 2.11 bits per heavy atom. The zero-order valence-corrected chi connectivity index (χ0v) is 12.7. The third kappa shape index (κ3) is 3.74. The van der Waals surface area contributed by atoms with Gasteiger partial charge in [-0.05, 0) is 38.2 Å². The first-order valence-corrected chi connectivity index (χ1v) is 7.69. The standard InChI is InChI=1S/C11H16BrFN2O2S/c1-14-6-3-7-15(2)18(16,17)11-5-4-9(12)8-10(11)13/h4-5,8,14H,3,6-7H2,1-2H3. The first-order chi connectivity index (χ1) is 8.39. The molecule has 1 N–H and O–H groups in total. The van der Waals surface area contributed by atoms with Crippen molar-refractivity contribution in [2.45, 2.75) is 11.3 Å². The van der Waals surface area contributed by atoms with Crippen LogP contribution in [0, 0.1) is 5.82 Å². The summed E-state index contributed by atoms with van der Waals surface area (Å²) in [6.07, 6.45) is 0.671. The molecule has 0 aromatic heterocycles. The monoisotopic (exact) mass is 338 g/mol. The van der Waals surface area contributed by atoms with Crippen molar-refractivity contribution in [1.82, 2.24) is 9.62 Å². The van der Waals surface area contributed by atoms with Gasteiger partial charge in [0.1, 0.15) is 10.7 Å². The Morgan fingerprint density at radius 3 is 2.67 bits per heavy atom. The van der Waals surface area contributed by atoms with Gasteiger partial charge in [-0.2, -0.15) is 0 Å². The molecule has 1 aromatic rings. The van der Waals surface area contributed by atoms with Gasteiger partial charge in [0.2, 0.25) is 10.0 Å². The van der Waals surface area contributed by atoms with Gasteiger partial charge in [-0.1, -0.05) is 15.9 Å². The second kappa shape index (κ2) is 6.60. The maximum atomic E-state index is 13.6. The molecule has 4 nitrogen and oxygen atoms in total. The van der Waals surface area contributed by atoms with Gasteiger partial charge in [0.05, 0.1) is 0 Å². The normalized spacial score (nSPS) is 12.1. The van der Waals surface area contributed by atoms with Crippen molar-refractivity contribution in [3.8, 4) is 0 Å². The number of sulfonamides is 1. The lowest BCUT2D eigenvalue weighted by Crippen LogP contribution is -2.30. The Kier molecular flexibility index (Phi) is 5.71. The summed E-state index contributed by atoms with van der Waals surface area (Å²) in [7, 11) is -0.512. The van der Waals surface area contributed by atoms with Crippen LogP contribution in [0.4, 0.5) is 4.39 Å². The molecule has 0 aliphatic heterocycles. The van der Waals surface area contributed by atoms with Crippen molar-refractivity contribution in [2.24, 2.45) is 0 Å². The van der Waals surface area contributed by atoms with E-state index in [0.29, 0.717) is 24.0 Å². The minimum absolute atomic E-state index is 0.294. The first-order valence-electron chi connectivity index (χ1n) is 5.45. The molecule has 0 saturated carbocycles. The lowest BCUT2D eigenvalue weighted by atomic mass is 10.3. The van der Waals surface area contributed by atoms with Crippen molar-refractivity contribution < 1.29 is 12.8 Å². The summed E-state index contributed by atoms with van der Waals surface area (Å²) in [5, 5.41) is 2.93. The van der Waals surface area contributed by atoms with Crippen LogP contribution in [0.15, 0.2) is 27.6 Å². The van der Waals surface area contributed by atoms with Gasteiger partial charge in [-0.3, -0.25) is 0 Å². The third-order valence-electron chi connectivity index (χ3n) is 2.48. The van der Waals surface area contributed by atoms with Gasteiger partial charge in [0, 0.05) is 18.1 Å². The molecule has 0 amide bonds. The van der Waals surface area contributed by atoms with Gasteiger partial charge in [-0.15, -0.1) is 0 Å². The maximum Gasteiger partial charge on any atom is 0.245 e. The molecule has 102 valence electrons. The topological polar surface area (TPSA) is 49.4 Å². The van der Waals surface area contributed by atoms with Crippen LogP contribution in [0.25, 0.3) is 0 Å². The van der Waals surface area contributed by atoms with Crippen LogP contribution in [-0.4, -0.2) is 39.9 Å². The summed E-state index contributed by atoms with van der Waals surface area (Å²) in [5.41, 5.74) is 0. The van der Waals surface area contributed by atoms with E-state index in [0.717, 1.165) is 10.4 Å². The Balaban J connectivity index is 2.91. The van der Waals surface area contributed by atoms with Crippen molar-refractivity contribution in [3.05, 3.63) is 28.5 Å². The van der Waals surface area contributed by atoms with E-state index in [4.69, 9.17) is 0 Å². The smallest absolute Gasteiger partial charge is 0.245 e. The Morgan fingerprint density at radius 1 is 1.44 bits per heavy atom. The van der Waals surface area contributed by atoms with Crippen molar-refractivity contribution in [2.75, 3.05) is 27.2 Å². The molecule has 0 heterocycles. The summed E-state index contributed by atoms with van der Waals surface area (Å²) < 4.78 is 39.5. The van der Waals surface area contributed by atoms with Crippen LogP contribution in [0.1, 0.15) is 6.42 Å². The van der Waals surface area contributed by atoms with E-state index in [2.05, 4.69) is 21.2 Å². The Labute approximate surface area is 115 Å². The summed E-state index contributed by atoms with van der Waals surface area (Å²) in [5.74, 6) is -0.746. The average molecular weight is 339 g/mol. The zero-order valence-electron chi connectivity index (χ0n) is 10.3. The molecule has 1 aromatic carbocycles. The second-order valence-corrected chi connectivity index (χ2v) is 6.79. The second-order valence-electron chi connectivity index (χ2n) is 3.86. The van der Waals surface area contributed by atoms with Gasteiger partial charge in [0.15, 0.2) is 0 Å². The lowest BCUT2D eigenvalue weighted by Gasteiger charge is -2.17. The number of halogens is 2. The minimum atomic E-state index is -3.76. The fraction of sp³-hybridized carbons (Fsp3) is 0.455. The maximum absolute atomic E-state index is 13.6. The summed E-state index contributed by atoms with van der Waals surface area (Å²) >= 11 is 3.09. The molecule has 0 aliphatic carbocycles. The van der Waals surface area contributed by atoms with Gasteiger partial charge in [0.25, 0.3) is 0 Å². The van der Waals surface area contributed by atoms with Crippen LogP contribution in [0.3, 0.4) is 0 Å². The van der Waals surface area contributed by atoms with E-state index in [9.17, 15) is 12.8 Å². The van der Waals surface area contributed by atoms with E-state index in [1.807, 2.05) is 0 Å². The van der Waals surface area contributed by atoms with Gasteiger partial charge in [-0.25, -0.2) is 17.1 Å². The van der Waals surface area contributed by atoms with Gasteiger partial charge < -0.3 is 5.32 Å². The zero-order chi connectivity index (χ0) is 13.8. The summed E-state index contributed by atoms with van der Waals surface area (Å²) in [6, 6.07) is 3.93. The highest BCUT2D eigenvalue weighted by Crippen LogP contribution is 2.21. The van der Waals surface area contributed by atoms with Crippen LogP contribution < -0.4 is 5.32 Å². The molecule has 0 spiro atoms. The van der Waals surface area contributed by atoms with Gasteiger partial charge >= 0.3 is 0 Å². The predicted octanol–water partition coefficient (Wildman–Crippen LogP) is 1.82. The van der Waals surface area contributed by atoms with E-state index >= 15 is 0 Å². The lowest BCUT2D eigenvalue weighted by molar-refractivity contribution is 0.452. The summed E-state index contributed by atoms with van der Waals surface area (Å²) in [4.78, 5) is -0.294. The number of rotatable bonds is 6. The molecule has 7 heteroatoms. The number of hydrogen-bond donors (Lipinski definition) is 1. The average Bonchev–Trinajstić information content (AvgIpc) is 2.28. The number of hydrogen-bond acceptors (Lipinski definition) is 3. The van der Waals surface area contributed by atoms with E-state index in [1.54, 1.807) is 7.05 Å². The molecular weight excluding hydrogens is 323 g/mol. The molecule has 0 fully saturated rings. The predicted molar refractivity (Wildman–Crippen MR) is 72.5 cm³/mol. The molecular formula is C11H16BrFN2O2S. The SMILES string of the molecule is CNCCCN(C)S(=O)(=O)c1ccc(Br)cc1F. The number of nitrogens with one attached hydrogen (secondary N) is 1. The third-order valence-corrected chi connectivity index (χ3v) is 4.87. The van der Waals surface area contributed by atoms with Crippen molar-refractivity contribution in [1.29, 1.82) is 0 Å². The molecule has 0 radical (unpaired) electrons. The van der Waals surface area contributed by atoms with Crippen LogP contribution in [0.5, 0.6) is 0 Å². The van der Waals surface area contributed by atoms with Crippen LogP contribution >= 0.6 is 15.9 Å². The molecule has 0 bridgehead atoms. The molecule has 0 atom stereocenters. The van der Waals surface area contributed by atoms with E-state index in [-0.39, 0.29) is 4.90 Å². The number of benzene rings is 1. The molecule has 0 saturated heterocycles.